The predicted octanol–water partition coefficient (Wildman–Crippen LogP) is 3.13. The second kappa shape index (κ2) is 10.4. The molecule has 3 rings (SSSR count). The number of Topliss-reactive ketones (excluding diaryl/α,β-unsaturated/α-hetero) is 1. The first-order chi connectivity index (χ1) is 15.1. The highest BCUT2D eigenvalue weighted by Gasteiger charge is 2.32. The molecule has 0 aromatic heterocycles. The number of amides is 1. The molecule has 1 aromatic carbocycles. The van der Waals surface area contributed by atoms with Crippen molar-refractivity contribution >= 4 is 23.6 Å². The minimum atomic E-state index is -0.186. The van der Waals surface area contributed by atoms with Crippen molar-refractivity contribution < 1.29 is 14.7 Å². The number of hydrogen-bond acceptors (Lipinski definition) is 6. The molecule has 1 aromatic rings. The summed E-state index contributed by atoms with van der Waals surface area (Å²) in [5, 5.41) is 13.2. The fourth-order valence-electron chi connectivity index (χ4n) is 4.42. The van der Waals surface area contributed by atoms with Gasteiger partial charge in [0.15, 0.2) is 5.78 Å². The van der Waals surface area contributed by atoms with E-state index in [0.29, 0.717) is 31.5 Å². The van der Waals surface area contributed by atoms with Gasteiger partial charge in [-0.15, -0.1) is 0 Å². The van der Waals surface area contributed by atoms with Gasteiger partial charge in [0.1, 0.15) is 5.76 Å². The Kier molecular flexibility index (Phi) is 7.85. The van der Waals surface area contributed by atoms with Crippen LogP contribution in [-0.2, 0) is 9.59 Å². The van der Waals surface area contributed by atoms with Crippen molar-refractivity contribution in [2.24, 2.45) is 10.4 Å². The summed E-state index contributed by atoms with van der Waals surface area (Å²) in [5.74, 6) is 0.138. The molecular formula is C25H36N4O3. The molecule has 2 aliphatic rings. The number of carbonyl (C=O) groups excluding carboxylic acids is 2. The number of aliphatic hydroxyl groups excluding tert-OH is 1. The summed E-state index contributed by atoms with van der Waals surface area (Å²) in [5.41, 5.74) is 3.31. The van der Waals surface area contributed by atoms with Crippen LogP contribution in [0.2, 0.25) is 0 Å². The van der Waals surface area contributed by atoms with Gasteiger partial charge in [0.05, 0.1) is 18.7 Å². The van der Waals surface area contributed by atoms with Crippen molar-refractivity contribution in [1.29, 1.82) is 0 Å². The quantitative estimate of drug-likeness (QED) is 0.637. The number of anilines is 1. The van der Waals surface area contributed by atoms with Gasteiger partial charge in [-0.25, -0.2) is 0 Å². The van der Waals surface area contributed by atoms with E-state index < -0.39 is 0 Å². The lowest BCUT2D eigenvalue weighted by molar-refractivity contribution is -0.118. The molecule has 1 aliphatic carbocycles. The summed E-state index contributed by atoms with van der Waals surface area (Å²) >= 11 is 0. The molecule has 7 nitrogen and oxygen atoms in total. The topological polar surface area (TPSA) is 85.2 Å². The summed E-state index contributed by atoms with van der Waals surface area (Å²) in [6, 6.07) is 6.06. The van der Waals surface area contributed by atoms with Gasteiger partial charge in [0.25, 0.3) is 0 Å². The van der Waals surface area contributed by atoms with Crippen molar-refractivity contribution in [3.05, 3.63) is 40.7 Å². The zero-order chi connectivity index (χ0) is 23.3. The van der Waals surface area contributed by atoms with Gasteiger partial charge in [0.2, 0.25) is 5.91 Å². The van der Waals surface area contributed by atoms with E-state index in [-0.39, 0.29) is 22.9 Å². The highest BCUT2D eigenvalue weighted by atomic mass is 16.3. The molecule has 1 aliphatic heterocycles. The lowest BCUT2D eigenvalue weighted by atomic mass is 9.77. The number of nitrogens with one attached hydrogen (secondary N) is 1. The van der Waals surface area contributed by atoms with Crippen molar-refractivity contribution in [3.8, 4) is 0 Å². The molecule has 7 heteroatoms. The summed E-state index contributed by atoms with van der Waals surface area (Å²) in [6.07, 6.45) is 2.50. The Morgan fingerprint density at radius 3 is 2.34 bits per heavy atom. The number of nitrogens with zero attached hydrogens (tertiary/aromatic N) is 3. The van der Waals surface area contributed by atoms with Crippen molar-refractivity contribution in [3.63, 3.8) is 0 Å². The molecule has 0 radical (unpaired) electrons. The first-order valence-electron chi connectivity index (χ1n) is 11.4. The summed E-state index contributed by atoms with van der Waals surface area (Å²) in [6.45, 7) is 13.2. The SMILES string of the molecule is Cc1cc(C)cc(NC(=O)CN2CCN(CCN=CC3=C(O)CC(C)(C)CC3=O)CC2)c1. The smallest absolute Gasteiger partial charge is 0.238 e. The summed E-state index contributed by atoms with van der Waals surface area (Å²) < 4.78 is 0. The molecule has 0 saturated carbocycles. The highest BCUT2D eigenvalue weighted by Crippen LogP contribution is 2.35. The Morgan fingerprint density at radius 1 is 1.09 bits per heavy atom. The van der Waals surface area contributed by atoms with Crippen LogP contribution in [0, 0.1) is 19.3 Å². The monoisotopic (exact) mass is 440 g/mol. The number of rotatable bonds is 7. The van der Waals surface area contributed by atoms with Crippen molar-refractivity contribution in [2.45, 2.75) is 40.5 Å². The van der Waals surface area contributed by atoms with Crippen LogP contribution in [0.5, 0.6) is 0 Å². The van der Waals surface area contributed by atoms with Crippen molar-refractivity contribution in [1.82, 2.24) is 9.80 Å². The van der Waals surface area contributed by atoms with Gasteiger partial charge in [-0.2, -0.15) is 0 Å². The predicted molar refractivity (Wildman–Crippen MR) is 128 cm³/mol. The second-order valence-corrected chi connectivity index (χ2v) is 9.88. The van der Waals surface area contributed by atoms with Gasteiger partial charge < -0.3 is 10.4 Å². The number of aryl methyl sites for hydroxylation is 2. The first kappa shape index (κ1) is 24.1. The maximum Gasteiger partial charge on any atom is 0.238 e. The fraction of sp³-hybridized carbons (Fsp3) is 0.560. The Hall–Kier alpha value is -2.51. The molecular weight excluding hydrogens is 404 g/mol. The van der Waals surface area contributed by atoms with E-state index in [0.717, 1.165) is 49.5 Å². The maximum absolute atomic E-state index is 12.4. The van der Waals surface area contributed by atoms with Gasteiger partial charge in [-0.05, 0) is 42.5 Å². The third-order valence-corrected chi connectivity index (χ3v) is 6.00. The van der Waals surface area contributed by atoms with Gasteiger partial charge >= 0.3 is 0 Å². The molecule has 0 atom stereocenters. The minimum absolute atomic E-state index is 0.0152. The number of ketones is 1. The zero-order valence-corrected chi connectivity index (χ0v) is 19.8. The molecule has 1 fully saturated rings. The number of piperazine rings is 1. The first-order valence-corrected chi connectivity index (χ1v) is 11.4. The Balaban J connectivity index is 1.38. The fourth-order valence-corrected chi connectivity index (χ4v) is 4.42. The van der Waals surface area contributed by atoms with E-state index in [4.69, 9.17) is 0 Å². The molecule has 0 bridgehead atoms. The maximum atomic E-state index is 12.4. The number of benzene rings is 1. The average Bonchev–Trinajstić information content (AvgIpc) is 2.66. The van der Waals surface area contributed by atoms with Gasteiger partial charge in [0, 0.05) is 57.5 Å². The third kappa shape index (κ3) is 7.00. The molecule has 0 unspecified atom stereocenters. The normalized spacial score (nSPS) is 20.2. The van der Waals surface area contributed by atoms with E-state index in [9.17, 15) is 14.7 Å². The molecule has 174 valence electrons. The molecule has 32 heavy (non-hydrogen) atoms. The second-order valence-electron chi connectivity index (χ2n) is 9.88. The van der Waals surface area contributed by atoms with Crippen LogP contribution in [-0.4, -0.2) is 78.6 Å². The van der Waals surface area contributed by atoms with Crippen LogP contribution in [0.3, 0.4) is 0 Å². The number of aliphatic imine (C=N–C) groups is 1. The Morgan fingerprint density at radius 2 is 1.72 bits per heavy atom. The Labute approximate surface area is 191 Å². The van der Waals surface area contributed by atoms with Crippen LogP contribution in [0.1, 0.15) is 37.8 Å². The third-order valence-electron chi connectivity index (χ3n) is 6.00. The molecule has 1 saturated heterocycles. The van der Waals surface area contributed by atoms with Crippen LogP contribution < -0.4 is 5.32 Å². The van der Waals surface area contributed by atoms with Crippen molar-refractivity contribution in [2.75, 3.05) is 51.1 Å². The Bertz CT molecular complexity index is 892. The van der Waals surface area contributed by atoms with Crippen LogP contribution in [0.25, 0.3) is 0 Å². The van der Waals surface area contributed by atoms with Crippen LogP contribution in [0.4, 0.5) is 5.69 Å². The highest BCUT2D eigenvalue weighted by molar-refractivity contribution is 6.14. The zero-order valence-electron chi connectivity index (χ0n) is 19.8. The van der Waals surface area contributed by atoms with Gasteiger partial charge in [-0.3, -0.25) is 24.4 Å². The van der Waals surface area contributed by atoms with E-state index in [1.54, 1.807) is 6.21 Å². The average molecular weight is 441 g/mol. The number of hydrogen-bond donors (Lipinski definition) is 2. The summed E-state index contributed by atoms with van der Waals surface area (Å²) in [7, 11) is 0. The van der Waals surface area contributed by atoms with Crippen LogP contribution in [0.15, 0.2) is 34.5 Å². The standard InChI is InChI=1S/C25H36N4O3/c1-18-11-19(2)13-20(12-18)27-24(32)17-29-9-7-28(8-10-29)6-5-26-16-21-22(30)14-25(3,4)15-23(21)31/h11-13,16,30H,5-10,14-15,17H2,1-4H3,(H,27,32). The van der Waals surface area contributed by atoms with E-state index in [1.807, 2.05) is 39.8 Å². The number of aliphatic hydroxyl groups is 1. The van der Waals surface area contributed by atoms with E-state index in [1.165, 1.54) is 0 Å². The minimum Gasteiger partial charge on any atom is -0.511 e. The summed E-state index contributed by atoms with van der Waals surface area (Å²) in [4.78, 5) is 33.5. The van der Waals surface area contributed by atoms with E-state index >= 15 is 0 Å². The number of allylic oxidation sites excluding steroid dienone is 2. The lowest BCUT2D eigenvalue weighted by Crippen LogP contribution is -2.49. The van der Waals surface area contributed by atoms with Gasteiger partial charge in [-0.1, -0.05) is 19.9 Å². The number of carbonyl (C=O) groups is 2. The van der Waals surface area contributed by atoms with E-state index in [2.05, 4.69) is 26.2 Å². The molecule has 2 N–H and O–H groups in total. The van der Waals surface area contributed by atoms with Crippen LogP contribution >= 0.6 is 0 Å². The molecule has 0 spiro atoms. The molecule has 1 amide bonds. The molecule has 1 heterocycles. The lowest BCUT2D eigenvalue weighted by Gasteiger charge is -2.34. The largest absolute Gasteiger partial charge is 0.511 e.